The summed E-state index contributed by atoms with van der Waals surface area (Å²) in [6, 6.07) is 8.21. The van der Waals surface area contributed by atoms with Crippen molar-refractivity contribution in [1.29, 1.82) is 0 Å². The zero-order chi connectivity index (χ0) is 19.0. The van der Waals surface area contributed by atoms with Gasteiger partial charge in [-0.05, 0) is 70.8 Å². The maximum absolute atomic E-state index is 12.4. The molecule has 0 bridgehead atoms. The molecule has 1 aromatic carbocycles. The molecule has 0 saturated carbocycles. The van der Waals surface area contributed by atoms with Crippen LogP contribution in [0, 0.1) is 0 Å². The summed E-state index contributed by atoms with van der Waals surface area (Å²) in [5.74, 6) is 0.713. The highest BCUT2D eigenvalue weighted by molar-refractivity contribution is 5.97. The fraction of sp³-hybridized carbons (Fsp3) is 0.667. The molecule has 1 fully saturated rings. The molecule has 0 unspecified atom stereocenters. The Labute approximate surface area is 158 Å². The van der Waals surface area contributed by atoms with Gasteiger partial charge in [-0.1, -0.05) is 13.3 Å². The molecule has 2 rings (SSSR count). The van der Waals surface area contributed by atoms with Gasteiger partial charge in [0.05, 0.1) is 0 Å². The zero-order valence-corrected chi connectivity index (χ0v) is 16.7. The molecular formula is C21H34N2O3. The fourth-order valence-corrected chi connectivity index (χ4v) is 3.32. The molecule has 0 aromatic heterocycles. The van der Waals surface area contributed by atoms with Gasteiger partial charge in [0, 0.05) is 24.9 Å². The first-order valence-electron chi connectivity index (χ1n) is 9.91. The van der Waals surface area contributed by atoms with Gasteiger partial charge in [0.1, 0.15) is 18.0 Å². The number of piperidine rings is 1. The molecule has 1 N–H and O–H groups in total. The Balaban J connectivity index is 1.81. The standard InChI is InChI=1S/C21H34N2O3/c1-5-21(4,26-6-2)20(24)22-18-10-12-19(13-11-18)25-16-15-23-14-8-7-9-17(23)3/h10-13,17H,5-9,14-16H2,1-4H3,(H,22,24)/t17-,21+/m1/s1. The van der Waals surface area contributed by atoms with E-state index in [0.717, 1.165) is 18.0 Å². The average molecular weight is 363 g/mol. The van der Waals surface area contributed by atoms with E-state index in [0.29, 0.717) is 25.7 Å². The Morgan fingerprint density at radius 1 is 1.27 bits per heavy atom. The normalized spacial score (nSPS) is 20.4. The second-order valence-electron chi connectivity index (χ2n) is 7.23. The monoisotopic (exact) mass is 362 g/mol. The number of ether oxygens (including phenoxy) is 2. The maximum atomic E-state index is 12.4. The van der Waals surface area contributed by atoms with Gasteiger partial charge >= 0.3 is 0 Å². The molecule has 1 aliphatic heterocycles. The number of likely N-dealkylation sites (tertiary alicyclic amines) is 1. The van der Waals surface area contributed by atoms with Crippen molar-refractivity contribution in [2.45, 2.75) is 65.0 Å². The first kappa shape index (κ1) is 20.7. The third-order valence-electron chi connectivity index (χ3n) is 5.32. The van der Waals surface area contributed by atoms with Crippen LogP contribution >= 0.6 is 0 Å². The van der Waals surface area contributed by atoms with Crippen molar-refractivity contribution < 1.29 is 14.3 Å². The van der Waals surface area contributed by atoms with Crippen LogP contribution in [0.3, 0.4) is 0 Å². The molecule has 5 nitrogen and oxygen atoms in total. The highest BCUT2D eigenvalue weighted by Gasteiger charge is 2.31. The van der Waals surface area contributed by atoms with Gasteiger partial charge in [0.25, 0.3) is 5.91 Å². The van der Waals surface area contributed by atoms with Crippen LogP contribution in [-0.2, 0) is 9.53 Å². The Morgan fingerprint density at radius 3 is 2.62 bits per heavy atom. The lowest BCUT2D eigenvalue weighted by molar-refractivity contribution is -0.139. The molecule has 146 valence electrons. The zero-order valence-electron chi connectivity index (χ0n) is 16.7. The number of nitrogens with zero attached hydrogens (tertiary/aromatic N) is 1. The second kappa shape index (κ2) is 9.93. The molecule has 1 heterocycles. The molecule has 2 atom stereocenters. The number of hydrogen-bond donors (Lipinski definition) is 1. The van der Waals surface area contributed by atoms with E-state index in [4.69, 9.17) is 9.47 Å². The largest absolute Gasteiger partial charge is 0.492 e. The number of hydrogen-bond acceptors (Lipinski definition) is 4. The van der Waals surface area contributed by atoms with Gasteiger partial charge < -0.3 is 14.8 Å². The minimum Gasteiger partial charge on any atom is -0.492 e. The Morgan fingerprint density at radius 2 is 2.00 bits per heavy atom. The van der Waals surface area contributed by atoms with Crippen molar-refractivity contribution >= 4 is 11.6 Å². The maximum Gasteiger partial charge on any atom is 0.256 e. The fourth-order valence-electron chi connectivity index (χ4n) is 3.32. The highest BCUT2D eigenvalue weighted by atomic mass is 16.5. The van der Waals surface area contributed by atoms with E-state index < -0.39 is 5.60 Å². The quantitative estimate of drug-likeness (QED) is 0.719. The van der Waals surface area contributed by atoms with Crippen LogP contribution in [0.5, 0.6) is 5.75 Å². The van der Waals surface area contributed by atoms with Crippen LogP contribution in [0.15, 0.2) is 24.3 Å². The molecule has 1 saturated heterocycles. The molecule has 1 aromatic rings. The number of nitrogens with one attached hydrogen (secondary N) is 1. The molecule has 0 radical (unpaired) electrons. The van der Waals surface area contributed by atoms with Crippen molar-refractivity contribution in [3.8, 4) is 5.75 Å². The lowest BCUT2D eigenvalue weighted by Gasteiger charge is -2.33. The van der Waals surface area contributed by atoms with Crippen LogP contribution in [0.2, 0.25) is 0 Å². The summed E-state index contributed by atoms with van der Waals surface area (Å²) in [7, 11) is 0. The average Bonchev–Trinajstić information content (AvgIpc) is 2.64. The van der Waals surface area contributed by atoms with Gasteiger partial charge in [0.15, 0.2) is 0 Å². The molecule has 26 heavy (non-hydrogen) atoms. The third-order valence-corrected chi connectivity index (χ3v) is 5.32. The molecule has 1 amide bonds. The summed E-state index contributed by atoms with van der Waals surface area (Å²) in [4.78, 5) is 14.9. The van der Waals surface area contributed by atoms with Crippen molar-refractivity contribution in [2.75, 3.05) is 31.6 Å². The van der Waals surface area contributed by atoms with E-state index in [1.54, 1.807) is 0 Å². The lowest BCUT2D eigenvalue weighted by Crippen LogP contribution is -2.42. The van der Waals surface area contributed by atoms with E-state index in [9.17, 15) is 4.79 Å². The van der Waals surface area contributed by atoms with Gasteiger partial charge in [-0.25, -0.2) is 0 Å². The van der Waals surface area contributed by atoms with Crippen LogP contribution in [0.4, 0.5) is 5.69 Å². The van der Waals surface area contributed by atoms with E-state index in [1.807, 2.05) is 45.0 Å². The minimum absolute atomic E-state index is 0.116. The number of anilines is 1. The SMILES string of the molecule is CCO[C@@](C)(CC)C(=O)Nc1ccc(OCCN2CCCC[C@H]2C)cc1. The molecule has 0 spiro atoms. The molecule has 0 aliphatic carbocycles. The minimum atomic E-state index is -0.797. The van der Waals surface area contributed by atoms with Gasteiger partial charge in [-0.3, -0.25) is 9.69 Å². The number of carbonyl (C=O) groups excluding carboxylic acids is 1. The van der Waals surface area contributed by atoms with Crippen LogP contribution in [0.1, 0.15) is 53.4 Å². The van der Waals surface area contributed by atoms with Crippen molar-refractivity contribution in [3.05, 3.63) is 24.3 Å². The predicted molar refractivity (Wildman–Crippen MR) is 106 cm³/mol. The van der Waals surface area contributed by atoms with Crippen LogP contribution < -0.4 is 10.1 Å². The number of benzene rings is 1. The van der Waals surface area contributed by atoms with Gasteiger partial charge in [-0.2, -0.15) is 0 Å². The van der Waals surface area contributed by atoms with E-state index >= 15 is 0 Å². The molecular weight excluding hydrogens is 328 g/mol. The van der Waals surface area contributed by atoms with Crippen LogP contribution in [0.25, 0.3) is 0 Å². The first-order chi connectivity index (χ1) is 12.5. The van der Waals surface area contributed by atoms with Crippen molar-refractivity contribution in [3.63, 3.8) is 0 Å². The number of carbonyl (C=O) groups is 1. The summed E-state index contributed by atoms with van der Waals surface area (Å²) in [5.41, 5.74) is -0.0407. The molecule has 1 aliphatic rings. The topological polar surface area (TPSA) is 50.8 Å². The Hall–Kier alpha value is -1.59. The van der Waals surface area contributed by atoms with Gasteiger partial charge in [-0.15, -0.1) is 0 Å². The number of amides is 1. The van der Waals surface area contributed by atoms with E-state index in [2.05, 4.69) is 17.1 Å². The Bertz CT molecular complexity index is 561. The third kappa shape index (κ3) is 5.71. The second-order valence-corrected chi connectivity index (χ2v) is 7.23. The summed E-state index contributed by atoms with van der Waals surface area (Å²) >= 11 is 0. The summed E-state index contributed by atoms with van der Waals surface area (Å²) in [6.07, 6.45) is 4.54. The lowest BCUT2D eigenvalue weighted by atomic mass is 10.0. The van der Waals surface area contributed by atoms with Crippen LogP contribution in [-0.4, -0.2) is 48.8 Å². The Kier molecular flexibility index (Phi) is 7.91. The van der Waals surface area contributed by atoms with E-state index in [-0.39, 0.29) is 5.91 Å². The summed E-state index contributed by atoms with van der Waals surface area (Å²) in [5, 5.41) is 2.93. The van der Waals surface area contributed by atoms with Crippen molar-refractivity contribution in [2.24, 2.45) is 0 Å². The van der Waals surface area contributed by atoms with Crippen molar-refractivity contribution in [1.82, 2.24) is 4.90 Å². The van der Waals surface area contributed by atoms with Gasteiger partial charge in [0.2, 0.25) is 0 Å². The smallest absolute Gasteiger partial charge is 0.256 e. The summed E-state index contributed by atoms with van der Waals surface area (Å²) in [6.45, 7) is 11.3. The molecule has 5 heteroatoms. The first-order valence-corrected chi connectivity index (χ1v) is 9.91. The summed E-state index contributed by atoms with van der Waals surface area (Å²) < 4.78 is 11.5. The predicted octanol–water partition coefficient (Wildman–Crippen LogP) is 4.08. The number of rotatable bonds is 9. The highest BCUT2D eigenvalue weighted by Crippen LogP contribution is 2.21. The van der Waals surface area contributed by atoms with E-state index in [1.165, 1.54) is 25.8 Å².